The number of imidazole rings is 1. The van der Waals surface area contributed by atoms with E-state index in [4.69, 9.17) is 5.73 Å². The topological polar surface area (TPSA) is 130 Å². The quantitative estimate of drug-likeness (QED) is 0.266. The van der Waals surface area contributed by atoms with Crippen molar-refractivity contribution in [3.05, 3.63) is 35.4 Å². The standard InChI is InChI=1S/C13H16N5O3.2Rb/c1-6-8(4-20)7(3-19)2-9(6)18-5-15-10-11(18)16-13(14)17-12(10)21;;/h3,5,7-9,19-20H,1-2,4H2,(H3,14,16,17,21);;/q-1;2*+1/t7-,8+,9+;;/m1../s1. The van der Waals surface area contributed by atoms with E-state index >= 15 is 0 Å². The Morgan fingerprint density at radius 2 is 2.22 bits per heavy atom. The fourth-order valence-electron chi connectivity index (χ4n) is 2.98. The molecule has 0 radical (unpaired) electrons. The van der Waals surface area contributed by atoms with Crippen molar-refractivity contribution in [3.8, 4) is 0 Å². The summed E-state index contributed by atoms with van der Waals surface area (Å²) < 4.78 is 1.72. The molecule has 112 valence electrons. The normalized spacial score (nSPS) is 23.6. The molecule has 1 aliphatic carbocycles. The van der Waals surface area contributed by atoms with Gasteiger partial charge in [-0.25, -0.2) is 11.6 Å². The second kappa shape index (κ2) is 9.38. The van der Waals surface area contributed by atoms with Crippen LogP contribution in [0.1, 0.15) is 12.5 Å². The summed E-state index contributed by atoms with van der Waals surface area (Å²) in [6, 6.07) is -0.200. The smallest absolute Gasteiger partial charge is 0.566 e. The number of H-pyrrole nitrogens is 1. The molecule has 3 rings (SSSR count). The summed E-state index contributed by atoms with van der Waals surface area (Å²) in [4.78, 5) is 22.4. The monoisotopic (exact) mass is 460 g/mol. The van der Waals surface area contributed by atoms with Gasteiger partial charge in [0.05, 0.1) is 12.4 Å². The number of hydrogen-bond acceptors (Lipinski definition) is 6. The second-order valence-electron chi connectivity index (χ2n) is 5.20. The molecule has 1 fully saturated rings. The Kier molecular flexibility index (Phi) is 9.16. The third-order valence-electron chi connectivity index (χ3n) is 4.09. The summed E-state index contributed by atoms with van der Waals surface area (Å²) in [6.45, 7) is 4.99. The van der Waals surface area contributed by atoms with Crippen LogP contribution in [-0.2, 0) is 0 Å². The summed E-state index contributed by atoms with van der Waals surface area (Å²) in [5.41, 5.74) is 6.52. The number of aliphatic hydroxyl groups is 2. The van der Waals surface area contributed by atoms with Crippen LogP contribution >= 0.6 is 0 Å². The van der Waals surface area contributed by atoms with Crippen LogP contribution in [-0.4, -0.2) is 36.3 Å². The number of aliphatic hydroxyl groups excluding tert-OH is 2. The number of nitrogens with zero attached hydrogens (tertiary/aromatic N) is 3. The van der Waals surface area contributed by atoms with Gasteiger partial charge in [0.1, 0.15) is 0 Å². The number of fused-ring (bicyclic) bond motifs is 1. The molecular formula is C13H16N5O3Rb2+. The van der Waals surface area contributed by atoms with E-state index in [-0.39, 0.29) is 152 Å². The molecule has 0 saturated heterocycles. The first kappa shape index (κ1) is 22.5. The van der Waals surface area contributed by atoms with Crippen molar-refractivity contribution >= 4 is 17.1 Å². The van der Waals surface area contributed by atoms with Crippen molar-refractivity contribution in [2.45, 2.75) is 12.5 Å². The fourth-order valence-corrected chi connectivity index (χ4v) is 2.98. The molecule has 23 heavy (non-hydrogen) atoms. The third-order valence-corrected chi connectivity index (χ3v) is 4.09. The van der Waals surface area contributed by atoms with E-state index in [1.165, 1.54) is 6.33 Å². The molecule has 0 aromatic carbocycles. The first-order valence-corrected chi connectivity index (χ1v) is 6.56. The van der Waals surface area contributed by atoms with Crippen molar-refractivity contribution in [2.75, 3.05) is 12.3 Å². The Bertz CT molecular complexity index is 760. The molecule has 0 unspecified atom stereocenters. The number of rotatable bonds is 3. The van der Waals surface area contributed by atoms with Crippen molar-refractivity contribution in [1.82, 2.24) is 19.5 Å². The molecule has 2 aromatic rings. The van der Waals surface area contributed by atoms with Crippen molar-refractivity contribution in [1.29, 1.82) is 0 Å². The van der Waals surface area contributed by atoms with Crippen LogP contribution in [0.15, 0.2) is 23.3 Å². The largest absolute Gasteiger partial charge is 1.00 e. The van der Waals surface area contributed by atoms with E-state index in [1.54, 1.807) is 4.57 Å². The molecule has 1 aliphatic rings. The molecule has 0 aliphatic heterocycles. The Balaban J connectivity index is 0.00000132. The number of aromatic nitrogens is 4. The van der Waals surface area contributed by atoms with Gasteiger partial charge in [-0.3, -0.25) is 9.78 Å². The van der Waals surface area contributed by atoms with E-state index < -0.39 is 5.56 Å². The van der Waals surface area contributed by atoms with E-state index in [2.05, 4.69) is 21.5 Å². The van der Waals surface area contributed by atoms with Gasteiger partial charge < -0.3 is 20.5 Å². The number of anilines is 1. The van der Waals surface area contributed by atoms with Gasteiger partial charge in [0, 0.05) is 6.61 Å². The van der Waals surface area contributed by atoms with Gasteiger partial charge in [0.15, 0.2) is 11.2 Å². The van der Waals surface area contributed by atoms with Gasteiger partial charge >= 0.3 is 116 Å². The first-order chi connectivity index (χ1) is 10.1. The van der Waals surface area contributed by atoms with Crippen LogP contribution in [0.3, 0.4) is 0 Å². The number of nitrogen functional groups attached to an aromatic ring is 1. The fraction of sp³-hybridized carbons (Fsp3) is 0.385. The van der Waals surface area contributed by atoms with Crippen LogP contribution in [0, 0.1) is 18.4 Å². The van der Waals surface area contributed by atoms with Gasteiger partial charge in [0.25, 0.3) is 5.56 Å². The maximum atomic E-state index is 11.8. The average molecular weight is 461 g/mol. The van der Waals surface area contributed by atoms with E-state index in [1.807, 2.05) is 0 Å². The Morgan fingerprint density at radius 1 is 1.52 bits per heavy atom. The van der Waals surface area contributed by atoms with E-state index in [0.717, 1.165) is 12.2 Å². The molecule has 5 N–H and O–H groups in total. The van der Waals surface area contributed by atoms with Crippen LogP contribution in [0.2, 0.25) is 0 Å². The van der Waals surface area contributed by atoms with Gasteiger partial charge in [-0.05, 0) is 5.92 Å². The molecule has 0 amide bonds. The zero-order valence-corrected chi connectivity index (χ0v) is 23.1. The zero-order chi connectivity index (χ0) is 15.1. The number of aromatic amines is 1. The molecule has 0 spiro atoms. The minimum Gasteiger partial charge on any atom is -0.566 e. The summed E-state index contributed by atoms with van der Waals surface area (Å²) in [7, 11) is 0. The minimum atomic E-state index is -0.399. The zero-order valence-electron chi connectivity index (χ0n) is 13.2. The van der Waals surface area contributed by atoms with Crippen LogP contribution in [0.5, 0.6) is 0 Å². The predicted molar refractivity (Wildman–Crippen MR) is 75.7 cm³/mol. The van der Waals surface area contributed by atoms with Gasteiger partial charge in [-0.2, -0.15) is 4.98 Å². The molecule has 2 heterocycles. The number of nitrogens with one attached hydrogen (secondary N) is 1. The summed E-state index contributed by atoms with van der Waals surface area (Å²) >= 11 is 0. The average Bonchev–Trinajstić information content (AvgIpc) is 2.99. The van der Waals surface area contributed by atoms with Crippen LogP contribution < -0.4 is 128 Å². The predicted octanol–water partition coefficient (Wildman–Crippen LogP) is -6.03. The van der Waals surface area contributed by atoms with Crippen molar-refractivity contribution < 1.29 is 127 Å². The molecule has 3 atom stereocenters. The number of nitrogens with two attached hydrogens (primary N) is 1. The van der Waals surface area contributed by atoms with E-state index in [0.29, 0.717) is 12.1 Å². The Hall–Kier alpha value is 1.42. The second-order valence-corrected chi connectivity index (χ2v) is 5.20. The summed E-state index contributed by atoms with van der Waals surface area (Å²) in [5, 5.41) is 18.8. The van der Waals surface area contributed by atoms with Gasteiger partial charge in [0.2, 0.25) is 5.95 Å². The SMILES string of the molecule is C=C1[C@H](CO)[C@@H]([CH-]O)C[C@@H]1n1cnc2c(=O)[nH]c(N)nc21.[Rb+].[Rb+]. The van der Waals surface area contributed by atoms with Crippen LogP contribution in [0.25, 0.3) is 11.2 Å². The Morgan fingerprint density at radius 3 is 2.78 bits per heavy atom. The van der Waals surface area contributed by atoms with Crippen molar-refractivity contribution in [2.24, 2.45) is 11.8 Å². The molecule has 8 nitrogen and oxygen atoms in total. The van der Waals surface area contributed by atoms with Gasteiger partial charge in [-0.15, -0.1) is 5.92 Å². The minimum absolute atomic E-state index is 0. The van der Waals surface area contributed by atoms with Gasteiger partial charge in [-0.1, -0.05) is 18.6 Å². The van der Waals surface area contributed by atoms with E-state index in [9.17, 15) is 15.0 Å². The molecular weight excluding hydrogens is 445 g/mol. The number of hydrogen-bond donors (Lipinski definition) is 4. The Labute approximate surface area is 230 Å². The molecule has 1 saturated carbocycles. The first-order valence-electron chi connectivity index (χ1n) is 6.56. The maximum absolute atomic E-state index is 11.8. The summed E-state index contributed by atoms with van der Waals surface area (Å²) in [5.74, 6) is -0.400. The van der Waals surface area contributed by atoms with Crippen LogP contribution in [0.4, 0.5) is 5.95 Å². The molecule has 10 heteroatoms. The third kappa shape index (κ3) is 4.23. The summed E-state index contributed by atoms with van der Waals surface area (Å²) in [6.07, 6.45) is 2.07. The van der Waals surface area contributed by atoms with Crippen molar-refractivity contribution in [3.63, 3.8) is 0 Å². The maximum Gasteiger partial charge on any atom is 1.00 e. The molecule has 2 aromatic heterocycles. The molecule has 0 bridgehead atoms.